The van der Waals surface area contributed by atoms with Crippen LogP contribution in [0.15, 0.2) is 21.3 Å². The van der Waals surface area contributed by atoms with Gasteiger partial charge in [-0.05, 0) is 43.2 Å². The van der Waals surface area contributed by atoms with Crippen LogP contribution in [0, 0.1) is 19.8 Å². The van der Waals surface area contributed by atoms with Gasteiger partial charge in [0, 0.05) is 37.1 Å². The van der Waals surface area contributed by atoms with E-state index in [0.717, 1.165) is 11.3 Å². The van der Waals surface area contributed by atoms with Gasteiger partial charge in [-0.15, -0.1) is 0 Å². The maximum atomic E-state index is 12.9. The number of aliphatic hydroxyl groups is 1. The summed E-state index contributed by atoms with van der Waals surface area (Å²) in [6.45, 7) is 6.97. The number of aliphatic hydroxyl groups excluding tert-OH is 1. The second-order valence-electron chi connectivity index (χ2n) is 6.31. The summed E-state index contributed by atoms with van der Waals surface area (Å²) in [6.07, 6.45) is 0. The monoisotopic (exact) mass is 334 g/mol. The lowest BCUT2D eigenvalue weighted by Gasteiger charge is -2.21. The van der Waals surface area contributed by atoms with Crippen LogP contribution in [0.1, 0.15) is 41.3 Å². The Labute approximate surface area is 139 Å². The lowest BCUT2D eigenvalue weighted by molar-refractivity contribution is -0.131. The van der Waals surface area contributed by atoms with Gasteiger partial charge < -0.3 is 14.5 Å². The molecule has 0 spiro atoms. The van der Waals surface area contributed by atoms with E-state index in [1.165, 1.54) is 5.56 Å². The largest absolute Gasteiger partial charge is 0.396 e. The first-order valence-corrected chi connectivity index (χ1v) is 8.81. The summed E-state index contributed by atoms with van der Waals surface area (Å²) in [5.74, 6) is 0.825. The number of thiophene rings is 1. The number of rotatable bonds is 4. The van der Waals surface area contributed by atoms with Crippen molar-refractivity contribution in [3.05, 3.63) is 39.4 Å². The van der Waals surface area contributed by atoms with Crippen molar-refractivity contribution in [1.29, 1.82) is 0 Å². The number of hydrogen-bond donors (Lipinski definition) is 1. The third-order valence-corrected chi connectivity index (χ3v) is 5.55. The average Bonchev–Trinajstić information content (AvgIpc) is 3.25. The number of hydrogen-bond acceptors (Lipinski definition) is 5. The predicted octanol–water partition coefficient (Wildman–Crippen LogP) is 2.69. The first-order chi connectivity index (χ1) is 11.0. The van der Waals surface area contributed by atoms with Gasteiger partial charge in [0.15, 0.2) is 0 Å². The Morgan fingerprint density at radius 2 is 2.30 bits per heavy atom. The molecule has 0 aromatic carbocycles. The fourth-order valence-electron chi connectivity index (χ4n) is 3.61. The van der Waals surface area contributed by atoms with Crippen LogP contribution < -0.4 is 0 Å². The third-order valence-electron chi connectivity index (χ3n) is 4.85. The molecule has 0 radical (unpaired) electrons. The van der Waals surface area contributed by atoms with Crippen molar-refractivity contribution in [3.8, 4) is 0 Å². The van der Waals surface area contributed by atoms with Crippen molar-refractivity contribution >= 4 is 17.2 Å². The van der Waals surface area contributed by atoms with Crippen molar-refractivity contribution in [2.24, 2.45) is 5.92 Å². The standard InChI is InChI=1S/C17H22N2O3S/c1-10(16-11(2)18-22-12(16)3)17(21)19-6-14(8-20)15(7-19)13-4-5-23-9-13/h4-5,9-10,14-15,20H,6-8H2,1-3H3/t10-,14+,15-/m0/s1. The molecule has 2 aromatic rings. The Balaban J connectivity index is 1.78. The van der Waals surface area contributed by atoms with E-state index in [1.54, 1.807) is 11.3 Å². The third kappa shape index (κ3) is 2.93. The number of likely N-dealkylation sites (tertiary alicyclic amines) is 1. The summed E-state index contributed by atoms with van der Waals surface area (Å²) >= 11 is 1.65. The molecule has 23 heavy (non-hydrogen) atoms. The van der Waals surface area contributed by atoms with Gasteiger partial charge in [0.25, 0.3) is 0 Å². The molecular weight excluding hydrogens is 312 g/mol. The van der Waals surface area contributed by atoms with Crippen LogP contribution in [-0.2, 0) is 4.79 Å². The fraction of sp³-hybridized carbons (Fsp3) is 0.529. The summed E-state index contributed by atoms with van der Waals surface area (Å²) in [7, 11) is 0. The van der Waals surface area contributed by atoms with E-state index in [2.05, 4.69) is 16.6 Å². The van der Waals surface area contributed by atoms with Gasteiger partial charge in [-0.3, -0.25) is 4.79 Å². The molecule has 5 nitrogen and oxygen atoms in total. The van der Waals surface area contributed by atoms with Gasteiger partial charge >= 0.3 is 0 Å². The van der Waals surface area contributed by atoms with E-state index >= 15 is 0 Å². The molecule has 0 unspecified atom stereocenters. The van der Waals surface area contributed by atoms with Crippen molar-refractivity contribution in [1.82, 2.24) is 10.1 Å². The number of carbonyl (C=O) groups is 1. The number of aromatic nitrogens is 1. The van der Waals surface area contributed by atoms with Crippen LogP contribution in [-0.4, -0.2) is 40.8 Å². The highest BCUT2D eigenvalue weighted by Crippen LogP contribution is 2.35. The molecule has 1 N–H and O–H groups in total. The maximum Gasteiger partial charge on any atom is 0.230 e. The maximum absolute atomic E-state index is 12.9. The van der Waals surface area contributed by atoms with Crippen molar-refractivity contribution < 1.29 is 14.4 Å². The minimum absolute atomic E-state index is 0.0792. The zero-order valence-corrected chi connectivity index (χ0v) is 14.5. The van der Waals surface area contributed by atoms with E-state index in [-0.39, 0.29) is 30.3 Å². The molecule has 0 bridgehead atoms. The number of amides is 1. The highest BCUT2D eigenvalue weighted by Gasteiger charge is 2.38. The highest BCUT2D eigenvalue weighted by molar-refractivity contribution is 7.08. The van der Waals surface area contributed by atoms with E-state index in [9.17, 15) is 9.90 Å². The second kappa shape index (κ2) is 6.45. The van der Waals surface area contributed by atoms with Gasteiger partial charge in [-0.25, -0.2) is 0 Å². The first-order valence-electron chi connectivity index (χ1n) is 7.87. The lowest BCUT2D eigenvalue weighted by atomic mass is 9.91. The van der Waals surface area contributed by atoms with Crippen LogP contribution in [0.3, 0.4) is 0 Å². The Morgan fingerprint density at radius 3 is 2.87 bits per heavy atom. The molecule has 1 aliphatic rings. The van der Waals surface area contributed by atoms with Gasteiger partial charge in [0.05, 0.1) is 11.6 Å². The average molecular weight is 334 g/mol. The first kappa shape index (κ1) is 16.2. The topological polar surface area (TPSA) is 66.6 Å². The van der Waals surface area contributed by atoms with E-state index < -0.39 is 0 Å². The Bertz CT molecular complexity index is 661. The van der Waals surface area contributed by atoms with Crippen molar-refractivity contribution in [3.63, 3.8) is 0 Å². The quantitative estimate of drug-likeness (QED) is 0.933. The summed E-state index contributed by atoms with van der Waals surface area (Å²) in [5, 5.41) is 17.8. The number of aryl methyl sites for hydroxylation is 2. The molecule has 6 heteroatoms. The molecule has 1 saturated heterocycles. The lowest BCUT2D eigenvalue weighted by Crippen LogP contribution is -2.33. The molecule has 1 fully saturated rings. The Morgan fingerprint density at radius 1 is 1.52 bits per heavy atom. The molecule has 1 amide bonds. The molecule has 1 aliphatic heterocycles. The van der Waals surface area contributed by atoms with Crippen LogP contribution in [0.25, 0.3) is 0 Å². The van der Waals surface area contributed by atoms with Crippen LogP contribution in [0.4, 0.5) is 0 Å². The summed E-state index contributed by atoms with van der Waals surface area (Å²) in [4.78, 5) is 14.8. The minimum Gasteiger partial charge on any atom is -0.396 e. The Hall–Kier alpha value is -1.66. The normalized spacial score (nSPS) is 22.5. The second-order valence-corrected chi connectivity index (χ2v) is 7.09. The van der Waals surface area contributed by atoms with Crippen LogP contribution >= 0.6 is 11.3 Å². The molecule has 124 valence electrons. The van der Waals surface area contributed by atoms with Crippen LogP contribution in [0.5, 0.6) is 0 Å². The fourth-order valence-corrected chi connectivity index (χ4v) is 4.33. The smallest absolute Gasteiger partial charge is 0.230 e. The predicted molar refractivity (Wildman–Crippen MR) is 88.6 cm³/mol. The molecule has 0 aliphatic carbocycles. The SMILES string of the molecule is Cc1noc(C)c1[C@H](C)C(=O)N1C[C@H](CO)[C@H](c2ccsc2)C1. The van der Waals surface area contributed by atoms with Gasteiger partial charge in [0.1, 0.15) is 5.76 Å². The molecule has 3 heterocycles. The van der Waals surface area contributed by atoms with Gasteiger partial charge in [0.2, 0.25) is 5.91 Å². The van der Waals surface area contributed by atoms with Crippen LogP contribution in [0.2, 0.25) is 0 Å². The Kier molecular flexibility index (Phi) is 4.55. The van der Waals surface area contributed by atoms with Crippen molar-refractivity contribution in [2.45, 2.75) is 32.6 Å². The minimum atomic E-state index is -0.276. The molecule has 0 saturated carbocycles. The van der Waals surface area contributed by atoms with E-state index in [0.29, 0.717) is 18.8 Å². The van der Waals surface area contributed by atoms with E-state index in [4.69, 9.17) is 4.52 Å². The summed E-state index contributed by atoms with van der Waals surface area (Å²) in [6, 6.07) is 2.09. The molecular formula is C17H22N2O3S. The zero-order chi connectivity index (χ0) is 16.6. The highest BCUT2D eigenvalue weighted by atomic mass is 32.1. The van der Waals surface area contributed by atoms with Crippen molar-refractivity contribution in [2.75, 3.05) is 19.7 Å². The van der Waals surface area contributed by atoms with Gasteiger partial charge in [-0.1, -0.05) is 5.16 Å². The number of carbonyl (C=O) groups excluding carboxylic acids is 1. The zero-order valence-electron chi connectivity index (χ0n) is 13.7. The molecule has 2 aromatic heterocycles. The van der Waals surface area contributed by atoms with Gasteiger partial charge in [-0.2, -0.15) is 11.3 Å². The molecule has 3 atom stereocenters. The van der Waals surface area contributed by atoms with E-state index in [1.807, 2.05) is 31.1 Å². The molecule has 3 rings (SSSR count). The summed E-state index contributed by atoms with van der Waals surface area (Å²) < 4.78 is 5.19. The number of nitrogens with zero attached hydrogens (tertiary/aromatic N) is 2. The summed E-state index contributed by atoms with van der Waals surface area (Å²) in [5.41, 5.74) is 2.87.